The number of nitrogens with two attached hydrogens (primary N) is 1. The van der Waals surface area contributed by atoms with Crippen LogP contribution in [-0.2, 0) is 14.9 Å². The second kappa shape index (κ2) is 6.70. The number of carbonyl (C=O) groups excluding carboxylic acids is 1. The molecule has 7 heteroatoms. The second-order valence-electron chi connectivity index (χ2n) is 2.72. The lowest BCUT2D eigenvalue weighted by atomic mass is 10.2. The molecular weight excluding hydrogens is 232 g/mol. The van der Waals surface area contributed by atoms with E-state index in [1.807, 2.05) is 0 Å². The summed E-state index contributed by atoms with van der Waals surface area (Å²) in [6.07, 6.45) is 10.5. The predicted molar refractivity (Wildman–Crippen MR) is 61.5 cm³/mol. The van der Waals surface area contributed by atoms with Crippen molar-refractivity contribution in [1.82, 2.24) is 0 Å². The van der Waals surface area contributed by atoms with Crippen LogP contribution in [0.2, 0.25) is 0 Å². The van der Waals surface area contributed by atoms with Crippen LogP contribution in [0, 0.1) is 0 Å². The van der Waals surface area contributed by atoms with Crippen molar-refractivity contribution in [1.29, 1.82) is 0 Å². The fourth-order valence-corrected chi connectivity index (χ4v) is 0.662. The van der Waals surface area contributed by atoms with Crippen molar-refractivity contribution >= 4 is 22.2 Å². The minimum atomic E-state index is -3.67. The van der Waals surface area contributed by atoms with Crippen LogP contribution >= 0.6 is 0 Å². The Morgan fingerprint density at radius 1 is 1.44 bits per heavy atom. The maximum absolute atomic E-state index is 10.6. The van der Waals surface area contributed by atoms with Gasteiger partial charge in [-0.15, -0.1) is 0 Å². The molecule has 88 valence electrons. The van der Waals surface area contributed by atoms with Gasteiger partial charge in [-0.25, -0.2) is 0 Å². The molecule has 0 saturated carbocycles. The molecule has 0 aromatic heterocycles. The van der Waals surface area contributed by atoms with E-state index in [9.17, 15) is 13.2 Å². The van der Waals surface area contributed by atoms with E-state index < -0.39 is 16.0 Å². The average Bonchev–Trinajstić information content (AvgIpc) is 1.97. The number of aliphatic imine (C=N–C) groups is 1. The van der Waals surface area contributed by atoms with Gasteiger partial charge in [-0.2, -0.15) is 8.42 Å². The molecular formula is C9H12N2O4S. The molecule has 0 atom stereocenters. The molecule has 0 bridgehead atoms. The molecule has 1 aliphatic rings. The minimum Gasteiger partial charge on any atom is -0.366 e. The summed E-state index contributed by atoms with van der Waals surface area (Å²) in [7, 11) is -3.67. The third kappa shape index (κ3) is 10.4. The minimum absolute atomic E-state index is 0.429. The maximum Gasteiger partial charge on any atom is 0.261 e. The fraction of sp³-hybridized carbons (Fsp3) is 0.111. The van der Waals surface area contributed by atoms with Crippen molar-refractivity contribution in [2.45, 2.75) is 0 Å². The molecule has 1 rings (SSSR count). The first-order valence-electron chi connectivity index (χ1n) is 4.09. The van der Waals surface area contributed by atoms with Crippen molar-refractivity contribution in [3.8, 4) is 0 Å². The van der Waals surface area contributed by atoms with E-state index in [4.69, 9.17) is 10.3 Å². The van der Waals surface area contributed by atoms with Crippen LogP contribution in [0.3, 0.4) is 0 Å². The third-order valence-corrected chi connectivity index (χ3v) is 1.18. The van der Waals surface area contributed by atoms with Gasteiger partial charge in [0, 0.05) is 18.0 Å². The van der Waals surface area contributed by atoms with Crippen molar-refractivity contribution in [3.05, 3.63) is 36.1 Å². The summed E-state index contributed by atoms with van der Waals surface area (Å²) in [5.74, 6) is -0.429. The lowest BCUT2D eigenvalue weighted by Gasteiger charge is -1.92. The molecule has 16 heavy (non-hydrogen) atoms. The standard InChI is InChI=1S/C8H8N2O.CH4O3S/c9-8(11)7-3-1-5-10-6-2-4-7;1-5(2,3)4/h1-6H,(H2,9,11);1H3,(H,2,3,4). The quantitative estimate of drug-likeness (QED) is 0.635. The number of carbonyl (C=O) groups is 1. The number of allylic oxidation sites excluding steroid dienone is 3. The van der Waals surface area contributed by atoms with E-state index in [-0.39, 0.29) is 0 Å². The number of primary amides is 1. The molecule has 0 radical (unpaired) electrons. The zero-order valence-corrected chi connectivity index (χ0v) is 9.39. The Balaban J connectivity index is 0.000000385. The summed E-state index contributed by atoms with van der Waals surface area (Å²) >= 11 is 0. The van der Waals surface area contributed by atoms with Crippen molar-refractivity contribution < 1.29 is 17.8 Å². The lowest BCUT2D eigenvalue weighted by molar-refractivity contribution is -0.114. The molecule has 1 aliphatic heterocycles. The van der Waals surface area contributed by atoms with Crippen LogP contribution in [0.5, 0.6) is 0 Å². The summed E-state index contributed by atoms with van der Waals surface area (Å²) in [5, 5.41) is 0. The molecule has 0 unspecified atom stereocenters. The molecule has 0 spiro atoms. The Morgan fingerprint density at radius 2 is 2.00 bits per heavy atom. The normalized spacial score (nSPS) is 14.2. The number of hydrogen-bond donors (Lipinski definition) is 2. The van der Waals surface area contributed by atoms with Gasteiger partial charge in [-0.05, 0) is 24.3 Å². The van der Waals surface area contributed by atoms with Crippen molar-refractivity contribution in [3.63, 3.8) is 0 Å². The first-order valence-corrected chi connectivity index (χ1v) is 5.94. The summed E-state index contributed by atoms with van der Waals surface area (Å²) in [5.41, 5.74) is 5.53. The van der Waals surface area contributed by atoms with Crippen LogP contribution in [0.4, 0.5) is 0 Å². The van der Waals surface area contributed by atoms with E-state index in [1.165, 1.54) is 0 Å². The third-order valence-electron chi connectivity index (χ3n) is 1.18. The lowest BCUT2D eigenvalue weighted by Crippen LogP contribution is -2.12. The van der Waals surface area contributed by atoms with Gasteiger partial charge in [0.15, 0.2) is 0 Å². The largest absolute Gasteiger partial charge is 0.366 e. The van der Waals surface area contributed by atoms with Crippen LogP contribution in [-0.4, -0.2) is 31.3 Å². The number of nitrogens with zero attached hydrogens (tertiary/aromatic N) is 1. The van der Waals surface area contributed by atoms with Gasteiger partial charge in [0.05, 0.1) is 6.26 Å². The van der Waals surface area contributed by atoms with Gasteiger partial charge in [-0.1, -0.05) is 0 Å². The molecule has 0 fully saturated rings. The van der Waals surface area contributed by atoms with E-state index in [0.29, 0.717) is 11.8 Å². The fourth-order valence-electron chi connectivity index (χ4n) is 0.662. The van der Waals surface area contributed by atoms with Crippen molar-refractivity contribution in [2.24, 2.45) is 10.7 Å². The first-order chi connectivity index (χ1) is 7.30. The smallest absolute Gasteiger partial charge is 0.261 e. The predicted octanol–water partition coefficient (Wildman–Crippen LogP) is 0.0564. The Labute approximate surface area is 93.6 Å². The highest BCUT2D eigenvalue weighted by Gasteiger charge is 1.97. The van der Waals surface area contributed by atoms with Gasteiger partial charge >= 0.3 is 0 Å². The van der Waals surface area contributed by atoms with Gasteiger partial charge in [-0.3, -0.25) is 14.3 Å². The zero-order chi connectivity index (χ0) is 12.6. The topological polar surface area (TPSA) is 110 Å². The summed E-state index contributed by atoms with van der Waals surface area (Å²) in [6.45, 7) is 0. The average molecular weight is 244 g/mol. The Morgan fingerprint density at radius 3 is 2.50 bits per heavy atom. The van der Waals surface area contributed by atoms with E-state index in [1.54, 1.807) is 36.7 Å². The Hall–Kier alpha value is -1.73. The van der Waals surface area contributed by atoms with Crippen LogP contribution in [0.1, 0.15) is 0 Å². The van der Waals surface area contributed by atoms with Gasteiger partial charge in [0.1, 0.15) is 0 Å². The summed E-state index contributed by atoms with van der Waals surface area (Å²) in [4.78, 5) is 14.5. The van der Waals surface area contributed by atoms with Gasteiger partial charge in [0.25, 0.3) is 10.1 Å². The number of hydrogen-bond acceptors (Lipinski definition) is 4. The first kappa shape index (κ1) is 14.3. The second-order valence-corrected chi connectivity index (χ2v) is 4.18. The highest BCUT2D eigenvalue weighted by molar-refractivity contribution is 7.85. The molecule has 1 amide bonds. The molecule has 0 saturated heterocycles. The van der Waals surface area contributed by atoms with Crippen molar-refractivity contribution in [2.75, 3.05) is 6.26 Å². The summed E-state index contributed by atoms with van der Waals surface area (Å²) < 4.78 is 25.9. The van der Waals surface area contributed by atoms with Gasteiger partial charge in [0.2, 0.25) is 5.91 Å². The van der Waals surface area contributed by atoms with E-state index in [2.05, 4.69) is 4.99 Å². The van der Waals surface area contributed by atoms with E-state index in [0.717, 1.165) is 0 Å². The molecule has 6 nitrogen and oxygen atoms in total. The van der Waals surface area contributed by atoms with Gasteiger partial charge < -0.3 is 5.73 Å². The number of amides is 1. The molecule has 0 aromatic rings. The Kier molecular flexibility index (Phi) is 5.97. The molecule has 0 aliphatic carbocycles. The highest BCUT2D eigenvalue weighted by Crippen LogP contribution is 1.97. The van der Waals surface area contributed by atoms with Crippen LogP contribution in [0.25, 0.3) is 0 Å². The van der Waals surface area contributed by atoms with E-state index >= 15 is 0 Å². The number of rotatable bonds is 1. The Bertz CT molecular complexity index is 450. The monoisotopic (exact) mass is 244 g/mol. The highest BCUT2D eigenvalue weighted by atomic mass is 32.2. The molecule has 1 heterocycles. The molecule has 3 N–H and O–H groups in total. The van der Waals surface area contributed by atoms with Crippen LogP contribution in [0.15, 0.2) is 41.1 Å². The maximum atomic E-state index is 10.6. The molecule has 0 aromatic carbocycles. The van der Waals surface area contributed by atoms with Crippen LogP contribution < -0.4 is 5.73 Å². The summed E-state index contributed by atoms with van der Waals surface area (Å²) in [6, 6.07) is 0. The SMILES string of the molecule is CS(=O)(=O)O.NC(=O)C1=CC=CN=CC=C1. The zero-order valence-electron chi connectivity index (χ0n) is 8.57.